The van der Waals surface area contributed by atoms with Gasteiger partial charge < -0.3 is 14.7 Å². The number of aliphatic hydroxyl groups excluding tert-OH is 1. The second kappa shape index (κ2) is 9.19. The average Bonchev–Trinajstić information content (AvgIpc) is 2.53. The lowest BCUT2D eigenvalue weighted by atomic mass is 10.1. The lowest BCUT2D eigenvalue weighted by Crippen LogP contribution is -2.41. The molecule has 0 bridgehead atoms. The Balaban J connectivity index is 2.85. The van der Waals surface area contributed by atoms with Gasteiger partial charge in [-0.25, -0.2) is 0 Å². The van der Waals surface area contributed by atoms with E-state index in [0.29, 0.717) is 24.5 Å². The molecule has 1 aromatic rings. The highest BCUT2D eigenvalue weighted by molar-refractivity contribution is 5.94. The average molecular weight is 291 g/mol. The van der Waals surface area contributed by atoms with Gasteiger partial charge >= 0.3 is 0 Å². The molecule has 0 aliphatic heterocycles. The van der Waals surface area contributed by atoms with Crippen LogP contribution in [0.15, 0.2) is 36.9 Å². The van der Waals surface area contributed by atoms with E-state index in [1.54, 1.807) is 35.2 Å². The van der Waals surface area contributed by atoms with Crippen LogP contribution < -0.4 is 4.74 Å². The van der Waals surface area contributed by atoms with Crippen molar-refractivity contribution in [1.29, 1.82) is 0 Å². The lowest BCUT2D eigenvalue weighted by Gasteiger charge is -2.30. The zero-order valence-corrected chi connectivity index (χ0v) is 12.9. The van der Waals surface area contributed by atoms with Crippen LogP contribution in [0.4, 0.5) is 0 Å². The first-order valence-electron chi connectivity index (χ1n) is 7.43. The van der Waals surface area contributed by atoms with Gasteiger partial charge in [0.25, 0.3) is 5.91 Å². The van der Waals surface area contributed by atoms with Crippen LogP contribution in [0.1, 0.15) is 37.0 Å². The SMILES string of the molecule is C=CCOc1ccc(C(=O)N(CCO)C(CC)CC)cc1. The van der Waals surface area contributed by atoms with Gasteiger partial charge in [-0.1, -0.05) is 26.5 Å². The smallest absolute Gasteiger partial charge is 0.254 e. The van der Waals surface area contributed by atoms with E-state index in [0.717, 1.165) is 12.8 Å². The van der Waals surface area contributed by atoms with Gasteiger partial charge in [0.2, 0.25) is 0 Å². The summed E-state index contributed by atoms with van der Waals surface area (Å²) in [6.07, 6.45) is 3.43. The maximum atomic E-state index is 12.6. The van der Waals surface area contributed by atoms with E-state index in [-0.39, 0.29) is 18.6 Å². The quantitative estimate of drug-likeness (QED) is 0.712. The summed E-state index contributed by atoms with van der Waals surface area (Å²) in [5, 5.41) is 9.19. The summed E-state index contributed by atoms with van der Waals surface area (Å²) in [4.78, 5) is 14.3. The maximum Gasteiger partial charge on any atom is 0.254 e. The largest absolute Gasteiger partial charge is 0.490 e. The normalized spacial score (nSPS) is 10.5. The second-order valence-corrected chi connectivity index (χ2v) is 4.82. The molecule has 21 heavy (non-hydrogen) atoms. The summed E-state index contributed by atoms with van der Waals surface area (Å²) < 4.78 is 5.40. The Hall–Kier alpha value is -1.81. The van der Waals surface area contributed by atoms with Crippen LogP contribution in [0.2, 0.25) is 0 Å². The second-order valence-electron chi connectivity index (χ2n) is 4.82. The minimum Gasteiger partial charge on any atom is -0.490 e. The fourth-order valence-electron chi connectivity index (χ4n) is 2.30. The van der Waals surface area contributed by atoms with Crippen molar-refractivity contribution in [1.82, 2.24) is 4.90 Å². The predicted octanol–water partition coefficient (Wildman–Crippen LogP) is 2.87. The Kier molecular flexibility index (Phi) is 7.54. The van der Waals surface area contributed by atoms with Crippen LogP contribution in [0, 0.1) is 0 Å². The molecule has 0 fully saturated rings. The number of ether oxygens (including phenoxy) is 1. The Labute approximate surface area is 127 Å². The van der Waals surface area contributed by atoms with Gasteiger partial charge in [-0.2, -0.15) is 0 Å². The van der Waals surface area contributed by atoms with Crippen molar-refractivity contribution in [3.63, 3.8) is 0 Å². The number of hydrogen-bond donors (Lipinski definition) is 1. The zero-order valence-electron chi connectivity index (χ0n) is 12.9. The molecule has 4 heteroatoms. The fourth-order valence-corrected chi connectivity index (χ4v) is 2.30. The van der Waals surface area contributed by atoms with E-state index in [1.807, 2.05) is 0 Å². The van der Waals surface area contributed by atoms with E-state index in [2.05, 4.69) is 20.4 Å². The van der Waals surface area contributed by atoms with Crippen LogP contribution >= 0.6 is 0 Å². The monoisotopic (exact) mass is 291 g/mol. The van der Waals surface area contributed by atoms with Gasteiger partial charge in [0, 0.05) is 18.2 Å². The highest BCUT2D eigenvalue weighted by Gasteiger charge is 2.21. The Morgan fingerprint density at radius 3 is 2.43 bits per heavy atom. The maximum absolute atomic E-state index is 12.6. The lowest BCUT2D eigenvalue weighted by molar-refractivity contribution is 0.0622. The van der Waals surface area contributed by atoms with Crippen molar-refractivity contribution >= 4 is 5.91 Å². The molecule has 0 heterocycles. The van der Waals surface area contributed by atoms with Crippen LogP contribution in [0.3, 0.4) is 0 Å². The van der Waals surface area contributed by atoms with E-state index in [9.17, 15) is 9.90 Å². The number of aliphatic hydroxyl groups is 1. The Morgan fingerprint density at radius 1 is 1.33 bits per heavy atom. The minimum atomic E-state index is -0.0481. The number of nitrogens with zero attached hydrogens (tertiary/aromatic N) is 1. The molecule has 0 saturated carbocycles. The predicted molar refractivity (Wildman–Crippen MR) is 84.6 cm³/mol. The molecule has 1 N–H and O–H groups in total. The summed E-state index contributed by atoms with van der Waals surface area (Å²) in [6.45, 7) is 8.48. The van der Waals surface area contributed by atoms with Crippen molar-refractivity contribution in [3.05, 3.63) is 42.5 Å². The molecule has 116 valence electrons. The summed E-state index contributed by atoms with van der Waals surface area (Å²) in [5.41, 5.74) is 0.612. The van der Waals surface area contributed by atoms with Gasteiger partial charge in [-0.05, 0) is 37.1 Å². The molecular formula is C17H25NO3. The Bertz CT molecular complexity index is 438. The highest BCUT2D eigenvalue weighted by Crippen LogP contribution is 2.17. The number of carbonyl (C=O) groups excluding carboxylic acids is 1. The number of carbonyl (C=O) groups is 1. The molecule has 0 spiro atoms. The number of hydrogen-bond acceptors (Lipinski definition) is 3. The van der Waals surface area contributed by atoms with Gasteiger partial charge in [0.1, 0.15) is 12.4 Å². The molecule has 0 unspecified atom stereocenters. The molecule has 1 aromatic carbocycles. The molecule has 0 saturated heterocycles. The van der Waals surface area contributed by atoms with Gasteiger partial charge in [-0.15, -0.1) is 0 Å². The van der Waals surface area contributed by atoms with Crippen molar-refractivity contribution < 1.29 is 14.6 Å². The van der Waals surface area contributed by atoms with E-state index < -0.39 is 0 Å². The van der Waals surface area contributed by atoms with Crippen molar-refractivity contribution in [2.75, 3.05) is 19.8 Å². The standard InChI is InChI=1S/C17H25NO3/c1-4-13-21-16-9-7-14(8-10-16)17(20)18(11-12-19)15(5-2)6-3/h4,7-10,15,19H,1,5-6,11-13H2,2-3H3. The highest BCUT2D eigenvalue weighted by atomic mass is 16.5. The third-order valence-electron chi connectivity index (χ3n) is 3.45. The Morgan fingerprint density at radius 2 is 1.95 bits per heavy atom. The van der Waals surface area contributed by atoms with Crippen molar-refractivity contribution in [3.8, 4) is 5.75 Å². The summed E-state index contributed by atoms with van der Waals surface area (Å²) in [7, 11) is 0. The topological polar surface area (TPSA) is 49.8 Å². The third kappa shape index (κ3) is 4.90. The van der Waals surface area contributed by atoms with Crippen LogP contribution in [-0.4, -0.2) is 41.7 Å². The number of rotatable bonds is 9. The van der Waals surface area contributed by atoms with Crippen LogP contribution in [0.5, 0.6) is 5.75 Å². The molecule has 0 radical (unpaired) electrons. The molecule has 0 aliphatic carbocycles. The summed E-state index contributed by atoms with van der Waals surface area (Å²) in [6, 6.07) is 7.23. The summed E-state index contributed by atoms with van der Waals surface area (Å²) in [5.74, 6) is 0.663. The third-order valence-corrected chi connectivity index (χ3v) is 3.45. The van der Waals surface area contributed by atoms with Gasteiger partial charge in [0.15, 0.2) is 0 Å². The molecule has 1 amide bonds. The molecule has 1 rings (SSSR count). The van der Waals surface area contributed by atoms with Crippen LogP contribution in [-0.2, 0) is 0 Å². The van der Waals surface area contributed by atoms with E-state index in [4.69, 9.17) is 4.74 Å². The molecular weight excluding hydrogens is 266 g/mol. The first-order valence-corrected chi connectivity index (χ1v) is 7.43. The first kappa shape index (κ1) is 17.2. The molecule has 4 nitrogen and oxygen atoms in total. The molecule has 0 atom stereocenters. The summed E-state index contributed by atoms with van der Waals surface area (Å²) >= 11 is 0. The fraction of sp³-hybridized carbons (Fsp3) is 0.471. The number of amides is 1. The van der Waals surface area contributed by atoms with Gasteiger partial charge in [0.05, 0.1) is 6.61 Å². The minimum absolute atomic E-state index is 0.0250. The van der Waals surface area contributed by atoms with Crippen molar-refractivity contribution in [2.45, 2.75) is 32.7 Å². The first-order chi connectivity index (χ1) is 10.2. The van der Waals surface area contributed by atoms with E-state index >= 15 is 0 Å². The zero-order chi connectivity index (χ0) is 15.7. The van der Waals surface area contributed by atoms with E-state index in [1.165, 1.54) is 0 Å². The van der Waals surface area contributed by atoms with Crippen LogP contribution in [0.25, 0.3) is 0 Å². The van der Waals surface area contributed by atoms with Crippen molar-refractivity contribution in [2.24, 2.45) is 0 Å². The molecule has 0 aliphatic rings. The molecule has 0 aromatic heterocycles. The number of benzene rings is 1. The van der Waals surface area contributed by atoms with Gasteiger partial charge in [-0.3, -0.25) is 4.79 Å².